The highest BCUT2D eigenvalue weighted by atomic mass is 14.9. The Morgan fingerprint density at radius 1 is 1.00 bits per heavy atom. The van der Waals surface area contributed by atoms with E-state index in [2.05, 4.69) is 75.5 Å². The zero-order valence-electron chi connectivity index (χ0n) is 12.5. The van der Waals surface area contributed by atoms with Gasteiger partial charge in [0.25, 0.3) is 0 Å². The summed E-state index contributed by atoms with van der Waals surface area (Å²) in [5, 5.41) is 6.41. The minimum atomic E-state index is 0.208. The second-order valence-electron chi connectivity index (χ2n) is 6.32. The van der Waals surface area contributed by atoms with E-state index < -0.39 is 0 Å². The molecule has 0 spiro atoms. The van der Waals surface area contributed by atoms with Crippen LogP contribution < -0.4 is 5.32 Å². The van der Waals surface area contributed by atoms with Gasteiger partial charge in [0.1, 0.15) is 0 Å². The molecule has 2 aromatic rings. The molecule has 102 valence electrons. The van der Waals surface area contributed by atoms with Crippen molar-refractivity contribution in [2.75, 3.05) is 6.54 Å². The number of fused-ring (bicyclic) bond motifs is 1. The quantitative estimate of drug-likeness (QED) is 0.817. The summed E-state index contributed by atoms with van der Waals surface area (Å²) in [5.74, 6) is 0. The van der Waals surface area contributed by atoms with Crippen LogP contribution in [0, 0.1) is 5.41 Å². The molecule has 0 amide bonds. The smallest absolute Gasteiger partial charge is 0.0375 e. The molecule has 2 rings (SSSR count). The highest BCUT2D eigenvalue weighted by Crippen LogP contribution is 2.36. The molecule has 1 atom stereocenters. The van der Waals surface area contributed by atoms with Crippen LogP contribution in [0.4, 0.5) is 0 Å². The van der Waals surface area contributed by atoms with Gasteiger partial charge in [-0.1, -0.05) is 70.2 Å². The first-order valence-corrected chi connectivity index (χ1v) is 7.25. The van der Waals surface area contributed by atoms with Gasteiger partial charge < -0.3 is 5.32 Å². The van der Waals surface area contributed by atoms with Gasteiger partial charge in [-0.2, -0.15) is 0 Å². The van der Waals surface area contributed by atoms with Gasteiger partial charge in [-0.05, 0) is 34.7 Å². The molecule has 19 heavy (non-hydrogen) atoms. The summed E-state index contributed by atoms with van der Waals surface area (Å²) in [6.07, 6.45) is 1.16. The van der Waals surface area contributed by atoms with Gasteiger partial charge in [-0.15, -0.1) is 0 Å². The van der Waals surface area contributed by atoms with Crippen LogP contribution in [0.15, 0.2) is 42.5 Å². The Bertz CT molecular complexity index is 531. The first-order chi connectivity index (χ1) is 9.04. The highest BCUT2D eigenvalue weighted by Gasteiger charge is 2.26. The second kappa shape index (κ2) is 5.75. The van der Waals surface area contributed by atoms with Crippen molar-refractivity contribution in [2.45, 2.75) is 40.2 Å². The van der Waals surface area contributed by atoms with E-state index in [4.69, 9.17) is 0 Å². The molecule has 1 heteroatoms. The number of rotatable bonds is 4. The van der Waals surface area contributed by atoms with Crippen molar-refractivity contribution >= 4 is 10.8 Å². The van der Waals surface area contributed by atoms with E-state index in [0.717, 1.165) is 13.0 Å². The van der Waals surface area contributed by atoms with Crippen LogP contribution >= 0.6 is 0 Å². The number of hydrogen-bond acceptors (Lipinski definition) is 1. The van der Waals surface area contributed by atoms with Crippen molar-refractivity contribution < 1.29 is 0 Å². The molecule has 0 heterocycles. The maximum atomic E-state index is 3.72. The fraction of sp³-hybridized carbons (Fsp3) is 0.444. The minimum Gasteiger partial charge on any atom is -0.309 e. The predicted molar refractivity (Wildman–Crippen MR) is 84.4 cm³/mol. The summed E-state index contributed by atoms with van der Waals surface area (Å²) < 4.78 is 0. The average Bonchev–Trinajstić information content (AvgIpc) is 2.38. The van der Waals surface area contributed by atoms with Crippen molar-refractivity contribution in [1.82, 2.24) is 5.32 Å². The third-order valence-electron chi connectivity index (χ3n) is 3.60. The summed E-state index contributed by atoms with van der Waals surface area (Å²) in [6, 6.07) is 15.7. The lowest BCUT2D eigenvalue weighted by Gasteiger charge is -2.33. The van der Waals surface area contributed by atoms with Gasteiger partial charge in [0.05, 0.1) is 0 Å². The van der Waals surface area contributed by atoms with E-state index in [1.807, 2.05) is 0 Å². The Hall–Kier alpha value is -1.34. The van der Waals surface area contributed by atoms with Crippen LogP contribution in [0.5, 0.6) is 0 Å². The van der Waals surface area contributed by atoms with E-state index in [9.17, 15) is 0 Å². The van der Waals surface area contributed by atoms with Crippen molar-refractivity contribution in [1.29, 1.82) is 0 Å². The topological polar surface area (TPSA) is 12.0 Å². The molecule has 0 saturated heterocycles. The Kier molecular flexibility index (Phi) is 4.26. The van der Waals surface area contributed by atoms with Gasteiger partial charge in [0, 0.05) is 6.04 Å². The Labute approximate surface area is 117 Å². The molecule has 1 N–H and O–H groups in total. The lowest BCUT2D eigenvalue weighted by atomic mass is 9.80. The maximum Gasteiger partial charge on any atom is 0.0375 e. The molecule has 0 aliphatic heterocycles. The van der Waals surface area contributed by atoms with E-state index in [0.29, 0.717) is 6.04 Å². The molecular weight excluding hydrogens is 230 g/mol. The van der Waals surface area contributed by atoms with Crippen LogP contribution in [-0.4, -0.2) is 6.54 Å². The van der Waals surface area contributed by atoms with Crippen LogP contribution in [-0.2, 0) is 0 Å². The Morgan fingerprint density at radius 2 is 1.68 bits per heavy atom. The molecule has 1 nitrogen and oxygen atoms in total. The van der Waals surface area contributed by atoms with Gasteiger partial charge in [-0.25, -0.2) is 0 Å². The van der Waals surface area contributed by atoms with Gasteiger partial charge >= 0.3 is 0 Å². The molecule has 0 aromatic heterocycles. The Balaban J connectivity index is 2.49. The number of benzene rings is 2. The monoisotopic (exact) mass is 255 g/mol. The lowest BCUT2D eigenvalue weighted by Crippen LogP contribution is -2.33. The molecule has 2 aromatic carbocycles. The Morgan fingerprint density at radius 3 is 2.37 bits per heavy atom. The fourth-order valence-electron chi connectivity index (χ4n) is 2.67. The highest BCUT2D eigenvalue weighted by molar-refractivity contribution is 5.86. The summed E-state index contributed by atoms with van der Waals surface area (Å²) >= 11 is 0. The molecule has 0 saturated carbocycles. The van der Waals surface area contributed by atoms with Crippen molar-refractivity contribution in [3.63, 3.8) is 0 Å². The molecular formula is C18H25N. The van der Waals surface area contributed by atoms with E-state index in [1.54, 1.807) is 0 Å². The van der Waals surface area contributed by atoms with Crippen molar-refractivity contribution in [3.05, 3.63) is 48.0 Å². The molecule has 0 bridgehead atoms. The van der Waals surface area contributed by atoms with E-state index in [-0.39, 0.29) is 5.41 Å². The summed E-state index contributed by atoms with van der Waals surface area (Å²) in [4.78, 5) is 0. The van der Waals surface area contributed by atoms with Crippen molar-refractivity contribution in [3.8, 4) is 0 Å². The van der Waals surface area contributed by atoms with Crippen molar-refractivity contribution in [2.24, 2.45) is 5.41 Å². The van der Waals surface area contributed by atoms with E-state index >= 15 is 0 Å². The number of nitrogens with one attached hydrogen (secondary N) is 1. The summed E-state index contributed by atoms with van der Waals surface area (Å²) in [7, 11) is 0. The largest absolute Gasteiger partial charge is 0.309 e. The molecule has 0 aliphatic rings. The summed E-state index contributed by atoms with van der Waals surface area (Å²) in [5.41, 5.74) is 1.62. The van der Waals surface area contributed by atoms with Gasteiger partial charge in [0.15, 0.2) is 0 Å². The van der Waals surface area contributed by atoms with E-state index in [1.165, 1.54) is 16.3 Å². The first-order valence-electron chi connectivity index (χ1n) is 7.25. The van der Waals surface area contributed by atoms with Gasteiger partial charge in [0.2, 0.25) is 0 Å². The molecule has 0 radical (unpaired) electrons. The zero-order valence-corrected chi connectivity index (χ0v) is 12.5. The molecule has 1 unspecified atom stereocenters. The normalized spacial score (nSPS) is 13.7. The fourth-order valence-corrected chi connectivity index (χ4v) is 2.67. The van der Waals surface area contributed by atoms with Crippen LogP contribution in [0.1, 0.15) is 45.7 Å². The zero-order chi connectivity index (χ0) is 13.9. The SMILES string of the molecule is CCCNC(c1cccc2ccccc12)C(C)(C)C. The molecule has 0 fully saturated rings. The van der Waals surface area contributed by atoms with Gasteiger partial charge in [-0.3, -0.25) is 0 Å². The van der Waals surface area contributed by atoms with Crippen LogP contribution in [0.3, 0.4) is 0 Å². The third-order valence-corrected chi connectivity index (χ3v) is 3.60. The average molecular weight is 255 g/mol. The molecule has 0 aliphatic carbocycles. The lowest BCUT2D eigenvalue weighted by molar-refractivity contribution is 0.275. The third kappa shape index (κ3) is 3.16. The second-order valence-corrected chi connectivity index (χ2v) is 6.32. The minimum absolute atomic E-state index is 0.208. The predicted octanol–water partition coefficient (Wildman–Crippen LogP) is 4.93. The summed E-state index contributed by atoms with van der Waals surface area (Å²) in [6.45, 7) is 10.2. The first kappa shape index (κ1) is 14.1. The maximum absolute atomic E-state index is 3.72. The number of hydrogen-bond donors (Lipinski definition) is 1. The van der Waals surface area contributed by atoms with Crippen LogP contribution in [0.25, 0.3) is 10.8 Å². The standard InChI is InChI=1S/C18H25N/c1-5-13-19-17(18(2,3)4)16-12-8-10-14-9-6-7-11-15(14)16/h6-12,17,19H,5,13H2,1-4H3. The van der Waals surface area contributed by atoms with Crippen LogP contribution in [0.2, 0.25) is 0 Å².